The second kappa shape index (κ2) is 7.93. The zero-order valence-electron chi connectivity index (χ0n) is 11.4. The van der Waals surface area contributed by atoms with Crippen LogP contribution in [0.3, 0.4) is 0 Å². The highest BCUT2D eigenvalue weighted by Gasteiger charge is 2.30. The highest BCUT2D eigenvalue weighted by molar-refractivity contribution is 8.03. The summed E-state index contributed by atoms with van der Waals surface area (Å²) in [6.45, 7) is 0. The average Bonchev–Trinajstić information content (AvgIpc) is 2.87. The first kappa shape index (κ1) is 17.2. The van der Waals surface area contributed by atoms with Gasteiger partial charge < -0.3 is 10.1 Å². The van der Waals surface area contributed by atoms with Gasteiger partial charge in [0.25, 0.3) is 0 Å². The Kier molecular flexibility index (Phi) is 6.21. The maximum atomic E-state index is 12.1. The number of benzene rings is 1. The number of anilines is 2. The Morgan fingerprint density at radius 2 is 1.91 bits per heavy atom. The standard InChI is InChI=1S/C12H12F3N3OS3/c1-20-6-7-21-11-18-17-10(22-11)16-8-2-4-9(5-3-8)19-12(13,14)15/h2-5H,6-7H2,1H3,(H,16,17). The summed E-state index contributed by atoms with van der Waals surface area (Å²) in [5.41, 5.74) is 0.617. The van der Waals surface area contributed by atoms with Crippen molar-refractivity contribution < 1.29 is 17.9 Å². The predicted octanol–water partition coefficient (Wildman–Crippen LogP) is 4.64. The summed E-state index contributed by atoms with van der Waals surface area (Å²) in [6, 6.07) is 5.46. The molecule has 0 fully saturated rings. The minimum Gasteiger partial charge on any atom is -0.406 e. The van der Waals surface area contributed by atoms with Gasteiger partial charge >= 0.3 is 6.36 Å². The molecular weight excluding hydrogens is 355 g/mol. The molecule has 10 heteroatoms. The lowest BCUT2D eigenvalue weighted by Gasteiger charge is -2.09. The number of aromatic nitrogens is 2. The summed E-state index contributed by atoms with van der Waals surface area (Å²) >= 11 is 4.79. The van der Waals surface area contributed by atoms with Gasteiger partial charge in [-0.15, -0.1) is 23.4 Å². The smallest absolute Gasteiger partial charge is 0.406 e. The van der Waals surface area contributed by atoms with E-state index in [1.54, 1.807) is 23.5 Å². The zero-order chi connectivity index (χ0) is 16.0. The Morgan fingerprint density at radius 1 is 1.18 bits per heavy atom. The molecule has 0 saturated heterocycles. The topological polar surface area (TPSA) is 47.0 Å². The number of nitrogens with one attached hydrogen (secondary N) is 1. The first-order valence-corrected chi connectivity index (χ1v) is 9.24. The highest BCUT2D eigenvalue weighted by Crippen LogP contribution is 2.29. The van der Waals surface area contributed by atoms with E-state index >= 15 is 0 Å². The van der Waals surface area contributed by atoms with E-state index in [-0.39, 0.29) is 5.75 Å². The van der Waals surface area contributed by atoms with Gasteiger partial charge in [-0.25, -0.2) is 0 Å². The quantitative estimate of drug-likeness (QED) is 0.568. The SMILES string of the molecule is CSCCSc1nnc(Nc2ccc(OC(F)(F)F)cc2)s1. The van der Waals surface area contributed by atoms with Gasteiger partial charge in [-0.1, -0.05) is 23.1 Å². The molecule has 1 heterocycles. The molecular formula is C12H12F3N3OS3. The summed E-state index contributed by atoms with van der Waals surface area (Å²) in [4.78, 5) is 0. The molecule has 0 aliphatic rings. The van der Waals surface area contributed by atoms with Crippen LogP contribution in [0.4, 0.5) is 24.0 Å². The first-order valence-electron chi connectivity index (χ1n) is 6.04. The number of halogens is 3. The lowest BCUT2D eigenvalue weighted by molar-refractivity contribution is -0.274. The van der Waals surface area contributed by atoms with Crippen LogP contribution in [0, 0.1) is 0 Å². The molecule has 1 N–H and O–H groups in total. The molecule has 2 rings (SSSR count). The summed E-state index contributed by atoms with van der Waals surface area (Å²) < 4.78 is 40.8. The van der Waals surface area contributed by atoms with Gasteiger partial charge in [0.05, 0.1) is 0 Å². The number of alkyl halides is 3. The Hall–Kier alpha value is -1.13. The lowest BCUT2D eigenvalue weighted by atomic mass is 10.3. The average molecular weight is 367 g/mol. The van der Waals surface area contributed by atoms with Gasteiger partial charge in [0.15, 0.2) is 4.34 Å². The number of ether oxygens (including phenoxy) is 1. The number of hydrogen-bond acceptors (Lipinski definition) is 7. The third-order valence-electron chi connectivity index (χ3n) is 2.26. The van der Waals surface area contributed by atoms with Crippen LogP contribution in [-0.4, -0.2) is 34.3 Å². The minimum absolute atomic E-state index is 0.261. The summed E-state index contributed by atoms with van der Waals surface area (Å²) in [7, 11) is 0. The van der Waals surface area contributed by atoms with Gasteiger partial charge in [-0.05, 0) is 30.5 Å². The van der Waals surface area contributed by atoms with Crippen molar-refractivity contribution in [2.45, 2.75) is 10.7 Å². The zero-order valence-corrected chi connectivity index (χ0v) is 13.8. The van der Waals surface area contributed by atoms with Crippen LogP contribution in [0.1, 0.15) is 0 Å². The van der Waals surface area contributed by atoms with Gasteiger partial charge in [-0.3, -0.25) is 0 Å². The van der Waals surface area contributed by atoms with Crippen LogP contribution >= 0.6 is 34.9 Å². The second-order valence-electron chi connectivity index (χ2n) is 3.91. The maximum Gasteiger partial charge on any atom is 0.573 e. The van der Waals surface area contributed by atoms with Crippen molar-refractivity contribution in [1.29, 1.82) is 0 Å². The molecule has 0 spiro atoms. The number of hydrogen-bond donors (Lipinski definition) is 1. The molecule has 1 aromatic carbocycles. The normalized spacial score (nSPS) is 11.5. The van der Waals surface area contributed by atoms with Crippen LogP contribution in [-0.2, 0) is 0 Å². The van der Waals surface area contributed by atoms with E-state index in [4.69, 9.17) is 0 Å². The molecule has 0 radical (unpaired) electrons. The Morgan fingerprint density at radius 3 is 2.55 bits per heavy atom. The van der Waals surface area contributed by atoms with E-state index in [0.717, 1.165) is 15.8 Å². The van der Waals surface area contributed by atoms with Crippen molar-refractivity contribution in [2.24, 2.45) is 0 Å². The largest absolute Gasteiger partial charge is 0.573 e. The fourth-order valence-corrected chi connectivity index (χ4v) is 3.89. The van der Waals surface area contributed by atoms with E-state index in [1.807, 2.05) is 6.26 Å². The highest BCUT2D eigenvalue weighted by atomic mass is 32.2. The van der Waals surface area contributed by atoms with Crippen molar-refractivity contribution in [3.63, 3.8) is 0 Å². The van der Waals surface area contributed by atoms with Crippen LogP contribution in [0.25, 0.3) is 0 Å². The van der Waals surface area contributed by atoms with Gasteiger partial charge in [0.1, 0.15) is 5.75 Å². The molecule has 0 bridgehead atoms. The van der Waals surface area contributed by atoms with E-state index < -0.39 is 6.36 Å². The van der Waals surface area contributed by atoms with Crippen LogP contribution in [0.5, 0.6) is 5.75 Å². The molecule has 0 aliphatic heterocycles. The van der Waals surface area contributed by atoms with E-state index in [0.29, 0.717) is 10.8 Å². The van der Waals surface area contributed by atoms with Crippen molar-refractivity contribution in [1.82, 2.24) is 10.2 Å². The molecule has 22 heavy (non-hydrogen) atoms. The number of nitrogens with zero attached hydrogens (tertiary/aromatic N) is 2. The summed E-state index contributed by atoms with van der Waals surface area (Å²) in [6.07, 6.45) is -2.64. The third kappa shape index (κ3) is 5.93. The van der Waals surface area contributed by atoms with Crippen molar-refractivity contribution in [3.05, 3.63) is 24.3 Å². The Balaban J connectivity index is 1.90. The van der Waals surface area contributed by atoms with Gasteiger partial charge in [-0.2, -0.15) is 11.8 Å². The van der Waals surface area contributed by atoms with Crippen molar-refractivity contribution in [3.8, 4) is 5.75 Å². The maximum absolute atomic E-state index is 12.1. The van der Waals surface area contributed by atoms with Gasteiger partial charge in [0.2, 0.25) is 5.13 Å². The second-order valence-corrected chi connectivity index (χ2v) is 7.22. The Bertz CT molecular complexity index is 589. The molecule has 2 aromatic rings. The van der Waals surface area contributed by atoms with Gasteiger partial charge in [0, 0.05) is 17.2 Å². The molecule has 0 atom stereocenters. The minimum atomic E-state index is -4.68. The van der Waals surface area contributed by atoms with Crippen LogP contribution in [0.15, 0.2) is 28.6 Å². The van der Waals surface area contributed by atoms with Crippen LogP contribution in [0.2, 0.25) is 0 Å². The lowest BCUT2D eigenvalue weighted by Crippen LogP contribution is -2.16. The van der Waals surface area contributed by atoms with E-state index in [2.05, 4.69) is 20.3 Å². The first-order chi connectivity index (χ1) is 10.5. The third-order valence-corrected chi connectivity index (χ3v) is 5.10. The van der Waals surface area contributed by atoms with E-state index in [1.165, 1.54) is 35.6 Å². The molecule has 0 aliphatic carbocycles. The van der Waals surface area contributed by atoms with Crippen molar-refractivity contribution in [2.75, 3.05) is 23.1 Å². The summed E-state index contributed by atoms with van der Waals surface area (Å²) in [5, 5.41) is 11.6. The molecule has 0 amide bonds. The monoisotopic (exact) mass is 367 g/mol. The number of rotatable bonds is 7. The summed E-state index contributed by atoms with van der Waals surface area (Å²) in [5.74, 6) is 1.73. The molecule has 1 aromatic heterocycles. The molecule has 4 nitrogen and oxygen atoms in total. The Labute approximate surface area is 137 Å². The molecule has 120 valence electrons. The molecule has 0 unspecified atom stereocenters. The molecule has 0 saturated carbocycles. The van der Waals surface area contributed by atoms with E-state index in [9.17, 15) is 13.2 Å². The fourth-order valence-electron chi connectivity index (χ4n) is 1.39. The fraction of sp³-hybridized carbons (Fsp3) is 0.333. The van der Waals surface area contributed by atoms with Crippen LogP contribution < -0.4 is 10.1 Å². The predicted molar refractivity (Wildman–Crippen MR) is 85.4 cm³/mol. The number of thioether (sulfide) groups is 2. The van der Waals surface area contributed by atoms with Crippen molar-refractivity contribution >= 4 is 45.7 Å².